The Kier molecular flexibility index (Phi) is 4.80. The van der Waals surface area contributed by atoms with Gasteiger partial charge in [0.2, 0.25) is 0 Å². The van der Waals surface area contributed by atoms with Gasteiger partial charge in [0.15, 0.2) is 0 Å². The number of hydrogen-bond acceptors (Lipinski definition) is 1. The van der Waals surface area contributed by atoms with Crippen LogP contribution in [-0.4, -0.2) is 16.4 Å². The maximum absolute atomic E-state index is 12.4. The highest BCUT2D eigenvalue weighted by atomic mass is 127. The maximum Gasteiger partial charge on any atom is 0.252 e. The zero-order valence-electron chi connectivity index (χ0n) is 11.2. The van der Waals surface area contributed by atoms with Gasteiger partial charge in [0.25, 0.3) is 5.91 Å². The highest BCUT2D eigenvalue weighted by Crippen LogP contribution is 2.19. The monoisotopic (exact) mass is 367 g/mol. The lowest BCUT2D eigenvalue weighted by molar-refractivity contribution is 0.0934. The van der Waals surface area contributed by atoms with Crippen molar-refractivity contribution in [1.29, 1.82) is 0 Å². The topological polar surface area (TPSA) is 29.1 Å². The largest absolute Gasteiger partial charge is 0.348 e. The third-order valence-corrected chi connectivity index (χ3v) is 4.27. The van der Waals surface area contributed by atoms with Gasteiger partial charge in [-0.1, -0.05) is 72.8 Å². The highest BCUT2D eigenvalue weighted by molar-refractivity contribution is 14.1. The van der Waals surface area contributed by atoms with Crippen LogP contribution in [0.25, 0.3) is 10.8 Å². The summed E-state index contributed by atoms with van der Waals surface area (Å²) in [5, 5.41) is 5.24. The minimum atomic E-state index is 0.0205. The Morgan fingerprint density at radius 1 is 1.16 bits per heavy atom. The van der Waals surface area contributed by atoms with Gasteiger partial charge in [-0.05, 0) is 22.8 Å². The molecule has 1 amide bonds. The van der Waals surface area contributed by atoms with Gasteiger partial charge >= 0.3 is 0 Å². The summed E-state index contributed by atoms with van der Waals surface area (Å²) in [4.78, 5) is 12.4. The second kappa shape index (κ2) is 6.37. The van der Waals surface area contributed by atoms with Gasteiger partial charge < -0.3 is 5.32 Å². The number of hydrogen-bond donors (Lipinski definition) is 1. The van der Waals surface area contributed by atoms with Crippen LogP contribution in [0, 0.1) is 5.92 Å². The van der Waals surface area contributed by atoms with Crippen molar-refractivity contribution < 1.29 is 4.79 Å². The number of benzene rings is 2. The highest BCUT2D eigenvalue weighted by Gasteiger charge is 2.17. The lowest BCUT2D eigenvalue weighted by Gasteiger charge is -2.20. The van der Waals surface area contributed by atoms with E-state index in [1.807, 2.05) is 42.5 Å². The van der Waals surface area contributed by atoms with Crippen molar-refractivity contribution in [3.63, 3.8) is 0 Å². The maximum atomic E-state index is 12.4. The molecule has 100 valence electrons. The molecule has 0 aliphatic carbocycles. The summed E-state index contributed by atoms with van der Waals surface area (Å²) >= 11 is 2.32. The summed E-state index contributed by atoms with van der Waals surface area (Å²) in [5.74, 6) is 0.461. The van der Waals surface area contributed by atoms with Crippen molar-refractivity contribution in [2.24, 2.45) is 5.92 Å². The van der Waals surface area contributed by atoms with E-state index in [-0.39, 0.29) is 11.9 Å². The predicted molar refractivity (Wildman–Crippen MR) is 88.9 cm³/mol. The first-order valence-electron chi connectivity index (χ1n) is 6.48. The molecular formula is C16H18INO. The van der Waals surface area contributed by atoms with Crippen molar-refractivity contribution in [2.45, 2.75) is 19.9 Å². The van der Waals surface area contributed by atoms with Crippen LogP contribution in [0.15, 0.2) is 42.5 Å². The SMILES string of the molecule is CC(C)C(CI)NC(=O)c1cccc2ccccc12. The molecule has 2 nitrogen and oxygen atoms in total. The van der Waals surface area contributed by atoms with E-state index in [1.54, 1.807) is 0 Å². The molecule has 0 bridgehead atoms. The Morgan fingerprint density at radius 2 is 1.84 bits per heavy atom. The van der Waals surface area contributed by atoms with Gasteiger partial charge in [-0.25, -0.2) is 0 Å². The zero-order chi connectivity index (χ0) is 13.8. The normalized spacial score (nSPS) is 12.6. The molecule has 0 saturated carbocycles. The number of carbonyl (C=O) groups is 1. The second-order valence-electron chi connectivity index (χ2n) is 5.00. The molecule has 2 aromatic rings. The molecule has 3 heteroatoms. The van der Waals surface area contributed by atoms with Crippen LogP contribution in [0.3, 0.4) is 0 Å². The summed E-state index contributed by atoms with van der Waals surface area (Å²) in [5.41, 5.74) is 0.758. The van der Waals surface area contributed by atoms with Crippen LogP contribution in [0.1, 0.15) is 24.2 Å². The standard InChI is InChI=1S/C16H18INO/c1-11(2)15(10-17)18-16(19)14-9-5-7-12-6-3-4-8-13(12)14/h3-9,11,15H,10H2,1-2H3,(H,18,19). The minimum absolute atomic E-state index is 0.0205. The molecule has 0 aliphatic heterocycles. The number of alkyl halides is 1. The lowest BCUT2D eigenvalue weighted by Crippen LogP contribution is -2.39. The zero-order valence-corrected chi connectivity index (χ0v) is 13.3. The van der Waals surface area contributed by atoms with Crippen molar-refractivity contribution in [3.8, 4) is 0 Å². The second-order valence-corrected chi connectivity index (χ2v) is 5.89. The molecule has 1 N–H and O–H groups in total. The van der Waals surface area contributed by atoms with E-state index in [1.165, 1.54) is 0 Å². The fraction of sp³-hybridized carbons (Fsp3) is 0.312. The van der Waals surface area contributed by atoms with Crippen LogP contribution >= 0.6 is 22.6 Å². The fourth-order valence-corrected chi connectivity index (χ4v) is 3.29. The fourth-order valence-electron chi connectivity index (χ4n) is 2.05. The van der Waals surface area contributed by atoms with Gasteiger partial charge in [-0.2, -0.15) is 0 Å². The van der Waals surface area contributed by atoms with E-state index in [2.05, 4.69) is 41.8 Å². The van der Waals surface area contributed by atoms with E-state index in [4.69, 9.17) is 0 Å². The number of rotatable bonds is 4. The van der Waals surface area contributed by atoms with Gasteiger partial charge in [0.1, 0.15) is 0 Å². The Morgan fingerprint density at radius 3 is 2.53 bits per heavy atom. The van der Waals surface area contributed by atoms with Crippen molar-refractivity contribution in [2.75, 3.05) is 4.43 Å². The van der Waals surface area contributed by atoms with Gasteiger partial charge in [-0.3, -0.25) is 4.79 Å². The molecule has 1 unspecified atom stereocenters. The molecule has 0 heterocycles. The van der Waals surface area contributed by atoms with Crippen LogP contribution in [-0.2, 0) is 0 Å². The summed E-state index contributed by atoms with van der Waals surface area (Å²) < 4.78 is 0.923. The molecule has 0 saturated heterocycles. The molecule has 19 heavy (non-hydrogen) atoms. The Bertz CT molecular complexity index is 574. The van der Waals surface area contributed by atoms with E-state index in [0.717, 1.165) is 20.8 Å². The lowest BCUT2D eigenvalue weighted by atomic mass is 10.0. The summed E-state index contributed by atoms with van der Waals surface area (Å²) in [6.45, 7) is 4.26. The molecule has 0 aliphatic rings. The van der Waals surface area contributed by atoms with Gasteiger partial charge in [0.05, 0.1) is 0 Å². The molecule has 2 rings (SSSR count). The third kappa shape index (κ3) is 3.26. The van der Waals surface area contributed by atoms with Crippen LogP contribution < -0.4 is 5.32 Å². The smallest absolute Gasteiger partial charge is 0.252 e. The molecule has 1 atom stereocenters. The molecule has 0 fully saturated rings. The van der Waals surface area contributed by atoms with E-state index in [0.29, 0.717) is 5.92 Å². The van der Waals surface area contributed by atoms with Crippen LogP contribution in [0.2, 0.25) is 0 Å². The first kappa shape index (κ1) is 14.3. The first-order chi connectivity index (χ1) is 9.13. The summed E-state index contributed by atoms with van der Waals surface area (Å²) in [7, 11) is 0. The minimum Gasteiger partial charge on any atom is -0.348 e. The van der Waals surface area contributed by atoms with Crippen molar-refractivity contribution in [1.82, 2.24) is 5.32 Å². The van der Waals surface area contributed by atoms with Crippen LogP contribution in [0.5, 0.6) is 0 Å². The molecule has 2 aromatic carbocycles. The first-order valence-corrected chi connectivity index (χ1v) is 8.00. The molecule has 0 aromatic heterocycles. The van der Waals surface area contributed by atoms with Gasteiger partial charge in [-0.15, -0.1) is 0 Å². The van der Waals surface area contributed by atoms with Gasteiger partial charge in [0, 0.05) is 16.0 Å². The predicted octanol–water partition coefficient (Wildman–Crippen LogP) is 4.03. The summed E-state index contributed by atoms with van der Waals surface area (Å²) in [6, 6.07) is 14.1. The number of amides is 1. The van der Waals surface area contributed by atoms with Crippen molar-refractivity contribution in [3.05, 3.63) is 48.0 Å². The third-order valence-electron chi connectivity index (χ3n) is 3.32. The Labute approximate surface area is 127 Å². The van der Waals surface area contributed by atoms with E-state index < -0.39 is 0 Å². The summed E-state index contributed by atoms with van der Waals surface area (Å²) in [6.07, 6.45) is 0. The Balaban J connectivity index is 2.31. The number of nitrogens with one attached hydrogen (secondary N) is 1. The quantitative estimate of drug-likeness (QED) is 0.642. The van der Waals surface area contributed by atoms with E-state index >= 15 is 0 Å². The molecule has 0 radical (unpaired) electrons. The van der Waals surface area contributed by atoms with Crippen LogP contribution in [0.4, 0.5) is 0 Å². The number of carbonyl (C=O) groups excluding carboxylic acids is 1. The number of fused-ring (bicyclic) bond motifs is 1. The average Bonchev–Trinajstić information content (AvgIpc) is 2.43. The van der Waals surface area contributed by atoms with E-state index in [9.17, 15) is 4.79 Å². The molecular weight excluding hydrogens is 349 g/mol. The van der Waals surface area contributed by atoms with Crippen molar-refractivity contribution >= 4 is 39.3 Å². The molecule has 0 spiro atoms. The number of halogens is 1. The average molecular weight is 367 g/mol. The Hall–Kier alpha value is -1.10.